The molecule has 1 saturated heterocycles. The first-order valence-electron chi connectivity index (χ1n) is 13.1. The second-order valence-corrected chi connectivity index (χ2v) is 10.9. The Balaban J connectivity index is 1.56. The molecular weight excluding hydrogens is 522 g/mol. The maximum atomic E-state index is 14.7. The number of carbonyl (C=O) groups excluding carboxylic acids is 3. The van der Waals surface area contributed by atoms with E-state index in [1.165, 1.54) is 6.20 Å². The number of nitrogens with zero attached hydrogens (tertiary/aromatic N) is 2. The van der Waals surface area contributed by atoms with Crippen LogP contribution in [0.25, 0.3) is 5.57 Å². The Hall–Kier alpha value is -4.55. The molecule has 40 heavy (non-hydrogen) atoms. The number of para-hydroxylation sites is 2. The van der Waals surface area contributed by atoms with E-state index in [1.807, 2.05) is 66.4 Å². The molecule has 3 aliphatic rings. The van der Waals surface area contributed by atoms with Crippen molar-refractivity contribution in [2.45, 2.75) is 24.4 Å². The number of ketones is 2. The van der Waals surface area contributed by atoms with Gasteiger partial charge in [-0.3, -0.25) is 19.4 Å². The Kier molecular flexibility index (Phi) is 5.51. The topological polar surface area (TPSA) is 79.4 Å². The normalized spacial score (nSPS) is 24.1. The Bertz CT molecular complexity index is 1730. The van der Waals surface area contributed by atoms with Crippen LogP contribution in [0.1, 0.15) is 38.8 Å². The minimum atomic E-state index is -1.36. The fourth-order valence-electron chi connectivity index (χ4n) is 6.86. The Morgan fingerprint density at radius 3 is 2.42 bits per heavy atom. The van der Waals surface area contributed by atoms with Crippen LogP contribution in [0.4, 0.5) is 11.4 Å². The molecule has 1 N–H and O–H groups in total. The Labute approximate surface area is 236 Å². The molecule has 1 aromatic heterocycles. The van der Waals surface area contributed by atoms with Gasteiger partial charge in [0.15, 0.2) is 11.6 Å². The largest absolute Gasteiger partial charge is 0.352 e. The lowest BCUT2D eigenvalue weighted by Crippen LogP contribution is -2.51. The summed E-state index contributed by atoms with van der Waals surface area (Å²) in [5.41, 5.74) is 3.55. The average molecular weight is 546 g/mol. The van der Waals surface area contributed by atoms with Gasteiger partial charge in [-0.05, 0) is 66.6 Å². The highest BCUT2D eigenvalue weighted by molar-refractivity contribution is 6.30. The van der Waals surface area contributed by atoms with Crippen molar-refractivity contribution in [3.63, 3.8) is 0 Å². The molecule has 1 amide bonds. The van der Waals surface area contributed by atoms with Crippen molar-refractivity contribution in [3.05, 3.63) is 131 Å². The summed E-state index contributed by atoms with van der Waals surface area (Å²) in [5, 5.41) is 3.56. The number of Topliss-reactive ketones (excluding diaryl/α,β-unsaturated/α-hetero) is 2. The molecule has 0 saturated carbocycles. The molecular formula is C33H24ClN3O3. The summed E-state index contributed by atoms with van der Waals surface area (Å²) < 4.78 is 0. The lowest BCUT2D eigenvalue weighted by atomic mass is 9.64. The van der Waals surface area contributed by atoms with Crippen molar-refractivity contribution in [3.8, 4) is 0 Å². The van der Waals surface area contributed by atoms with Crippen molar-refractivity contribution in [1.29, 1.82) is 0 Å². The van der Waals surface area contributed by atoms with Crippen molar-refractivity contribution in [1.82, 2.24) is 4.98 Å². The maximum absolute atomic E-state index is 14.7. The standard InChI is InChI=1S/C33H24ClN3O3/c1-19-17-27-33(24-9-3-4-10-25(24)36-32(33)40)28(30(38)21-7-6-16-35-18-21)29(31(39)20-12-14-22(34)15-13-20)37(27)26-11-5-2-8-23(19)26/h2-18,27-29H,1H3,(H,36,40)/t27-,28-,29+,33+/m0/s1. The first-order valence-corrected chi connectivity index (χ1v) is 13.5. The number of aromatic nitrogens is 1. The van der Waals surface area contributed by atoms with Gasteiger partial charge in [-0.1, -0.05) is 54.1 Å². The highest BCUT2D eigenvalue weighted by atomic mass is 35.5. The van der Waals surface area contributed by atoms with Crippen LogP contribution in [0.15, 0.2) is 103 Å². The Morgan fingerprint density at radius 2 is 1.65 bits per heavy atom. The van der Waals surface area contributed by atoms with Crippen LogP contribution >= 0.6 is 11.6 Å². The fraction of sp³-hybridized carbons (Fsp3) is 0.152. The van der Waals surface area contributed by atoms with Gasteiger partial charge in [0.05, 0.1) is 12.0 Å². The van der Waals surface area contributed by atoms with Gasteiger partial charge in [0.1, 0.15) is 11.5 Å². The monoisotopic (exact) mass is 545 g/mol. The van der Waals surface area contributed by atoms with Crippen molar-refractivity contribution >= 4 is 46.0 Å². The third kappa shape index (κ3) is 3.29. The number of hydrogen-bond donors (Lipinski definition) is 1. The number of amides is 1. The summed E-state index contributed by atoms with van der Waals surface area (Å²) in [4.78, 5) is 49.8. The van der Waals surface area contributed by atoms with Crippen molar-refractivity contribution in [2.75, 3.05) is 10.2 Å². The summed E-state index contributed by atoms with van der Waals surface area (Å²) in [6.07, 6.45) is 5.15. The first-order chi connectivity index (χ1) is 19.4. The summed E-state index contributed by atoms with van der Waals surface area (Å²) in [7, 11) is 0. The number of rotatable bonds is 4. The van der Waals surface area contributed by atoms with E-state index in [1.54, 1.807) is 42.6 Å². The van der Waals surface area contributed by atoms with Gasteiger partial charge in [-0.25, -0.2) is 0 Å². The molecule has 4 aromatic rings. The van der Waals surface area contributed by atoms with Crippen LogP contribution in [0.2, 0.25) is 5.02 Å². The lowest BCUT2D eigenvalue weighted by molar-refractivity contribution is -0.121. The van der Waals surface area contributed by atoms with E-state index in [0.29, 0.717) is 27.4 Å². The zero-order valence-corrected chi connectivity index (χ0v) is 22.3. The summed E-state index contributed by atoms with van der Waals surface area (Å²) in [5.74, 6) is -1.88. The van der Waals surface area contributed by atoms with E-state index in [9.17, 15) is 14.4 Å². The highest BCUT2D eigenvalue weighted by Gasteiger charge is 2.70. The molecule has 3 aromatic carbocycles. The third-order valence-corrected chi connectivity index (χ3v) is 8.76. The zero-order chi connectivity index (χ0) is 27.6. The minimum Gasteiger partial charge on any atom is -0.352 e. The number of benzene rings is 3. The van der Waals surface area contributed by atoms with Gasteiger partial charge in [-0.15, -0.1) is 0 Å². The molecule has 4 heterocycles. The van der Waals surface area contributed by atoms with E-state index in [4.69, 9.17) is 11.6 Å². The molecule has 196 valence electrons. The van der Waals surface area contributed by atoms with Gasteiger partial charge in [-0.2, -0.15) is 0 Å². The lowest BCUT2D eigenvalue weighted by Gasteiger charge is -2.39. The van der Waals surface area contributed by atoms with Crippen LogP contribution in [-0.4, -0.2) is 34.5 Å². The summed E-state index contributed by atoms with van der Waals surface area (Å²) >= 11 is 6.16. The predicted molar refractivity (Wildman–Crippen MR) is 155 cm³/mol. The van der Waals surface area contributed by atoms with Crippen LogP contribution in [0.5, 0.6) is 0 Å². The number of halogens is 1. The number of carbonyl (C=O) groups is 3. The van der Waals surface area contributed by atoms with Gasteiger partial charge in [0.2, 0.25) is 5.91 Å². The van der Waals surface area contributed by atoms with Gasteiger partial charge < -0.3 is 10.2 Å². The number of fused-ring (bicyclic) bond motifs is 6. The molecule has 0 bridgehead atoms. The van der Waals surface area contributed by atoms with Gasteiger partial charge >= 0.3 is 0 Å². The van der Waals surface area contributed by atoms with Gasteiger partial charge in [0, 0.05) is 45.5 Å². The summed E-state index contributed by atoms with van der Waals surface area (Å²) in [6, 6.07) is 23.8. The van der Waals surface area contributed by atoms with Crippen LogP contribution in [0, 0.1) is 5.92 Å². The maximum Gasteiger partial charge on any atom is 0.238 e. The number of pyridine rings is 1. The van der Waals surface area contributed by atoms with E-state index < -0.39 is 23.4 Å². The SMILES string of the molecule is CC1=C[C@@H]2N(c3ccccc31)[C@@H](C(=O)c1ccc(Cl)cc1)[C@@H](C(=O)c1cccnc1)[C@]21C(=O)Nc2ccccc21. The van der Waals surface area contributed by atoms with Crippen molar-refractivity contribution < 1.29 is 14.4 Å². The molecule has 0 radical (unpaired) electrons. The van der Waals surface area contributed by atoms with E-state index >= 15 is 0 Å². The molecule has 1 spiro atoms. The van der Waals surface area contributed by atoms with E-state index in [-0.39, 0.29) is 17.5 Å². The number of nitrogens with one attached hydrogen (secondary N) is 1. The van der Waals surface area contributed by atoms with Crippen LogP contribution in [0.3, 0.4) is 0 Å². The van der Waals surface area contributed by atoms with Crippen LogP contribution < -0.4 is 10.2 Å². The van der Waals surface area contributed by atoms with Crippen molar-refractivity contribution in [2.24, 2.45) is 5.92 Å². The molecule has 7 rings (SSSR count). The third-order valence-electron chi connectivity index (χ3n) is 8.51. The Morgan fingerprint density at radius 1 is 0.900 bits per heavy atom. The number of hydrogen-bond acceptors (Lipinski definition) is 5. The predicted octanol–water partition coefficient (Wildman–Crippen LogP) is 5.98. The molecule has 0 aliphatic carbocycles. The molecule has 1 fully saturated rings. The molecule has 4 atom stereocenters. The molecule has 3 aliphatic heterocycles. The average Bonchev–Trinajstić information content (AvgIpc) is 3.45. The fourth-order valence-corrected chi connectivity index (χ4v) is 6.99. The quantitative estimate of drug-likeness (QED) is 0.319. The molecule has 0 unspecified atom stereocenters. The minimum absolute atomic E-state index is 0.249. The smallest absolute Gasteiger partial charge is 0.238 e. The van der Waals surface area contributed by atoms with E-state index in [2.05, 4.69) is 10.3 Å². The molecule has 7 heteroatoms. The van der Waals surface area contributed by atoms with Crippen LogP contribution in [-0.2, 0) is 10.2 Å². The second kappa shape index (κ2) is 9.00. The first kappa shape index (κ1) is 24.5. The number of allylic oxidation sites excluding steroid dienone is 1. The zero-order valence-electron chi connectivity index (χ0n) is 21.5. The van der Waals surface area contributed by atoms with E-state index in [0.717, 1.165) is 16.8 Å². The molecule has 6 nitrogen and oxygen atoms in total. The number of anilines is 2. The second-order valence-electron chi connectivity index (χ2n) is 10.5. The highest BCUT2D eigenvalue weighted by Crippen LogP contribution is 2.58. The summed E-state index contributed by atoms with van der Waals surface area (Å²) in [6.45, 7) is 2.01. The van der Waals surface area contributed by atoms with Gasteiger partial charge in [0.25, 0.3) is 0 Å².